The van der Waals surface area contributed by atoms with Gasteiger partial charge in [0.25, 0.3) is 10.2 Å². The van der Waals surface area contributed by atoms with Gasteiger partial charge in [0, 0.05) is 55.8 Å². The van der Waals surface area contributed by atoms with Crippen LogP contribution in [-0.4, -0.2) is 61.8 Å². The van der Waals surface area contributed by atoms with E-state index in [2.05, 4.69) is 10.3 Å². The van der Waals surface area contributed by atoms with Crippen LogP contribution in [0.25, 0.3) is 10.8 Å². The van der Waals surface area contributed by atoms with Crippen LogP contribution in [0.2, 0.25) is 5.02 Å². The molecule has 0 saturated carbocycles. The molecule has 8 nitrogen and oxygen atoms in total. The number of halogens is 1. The van der Waals surface area contributed by atoms with Crippen molar-refractivity contribution in [3.05, 3.63) is 71.0 Å². The van der Waals surface area contributed by atoms with Gasteiger partial charge in [-0.25, -0.2) is 0 Å². The number of aromatic nitrogens is 1. The highest BCUT2D eigenvalue weighted by molar-refractivity contribution is 7.86. The lowest BCUT2D eigenvalue weighted by Crippen LogP contribution is -2.48. The van der Waals surface area contributed by atoms with Crippen LogP contribution in [-0.2, 0) is 26.3 Å². The molecular weight excluding hydrogens is 464 g/mol. The molecule has 0 spiro atoms. The molecule has 3 aromatic rings. The molecule has 1 aromatic heterocycles. The van der Waals surface area contributed by atoms with Crippen LogP contribution in [0.1, 0.15) is 17.0 Å². The van der Waals surface area contributed by atoms with Crippen molar-refractivity contribution in [3.63, 3.8) is 0 Å². The average Bonchev–Trinajstić information content (AvgIpc) is 2.81. The SMILES string of the molecule is COCCN(C)S(=O)(=O)N1Cc2ccc(Cl)cc2[C@H](C(=O)Nc2cncc3ccccc23)C1. The molecule has 174 valence electrons. The van der Waals surface area contributed by atoms with E-state index < -0.39 is 16.1 Å². The number of methoxy groups -OCH3 is 1. The van der Waals surface area contributed by atoms with Crippen molar-refractivity contribution in [1.82, 2.24) is 13.6 Å². The second-order valence-electron chi connectivity index (χ2n) is 7.91. The predicted octanol–water partition coefficient (Wildman–Crippen LogP) is 3.25. The Bertz CT molecular complexity index is 1280. The Morgan fingerprint density at radius 3 is 2.85 bits per heavy atom. The number of carbonyl (C=O) groups is 1. The summed E-state index contributed by atoms with van der Waals surface area (Å²) in [5.41, 5.74) is 2.03. The summed E-state index contributed by atoms with van der Waals surface area (Å²) in [5, 5.41) is 5.19. The van der Waals surface area contributed by atoms with Gasteiger partial charge in [-0.15, -0.1) is 0 Å². The number of benzene rings is 2. The van der Waals surface area contributed by atoms with E-state index in [0.717, 1.165) is 21.9 Å². The Morgan fingerprint density at radius 2 is 2.06 bits per heavy atom. The summed E-state index contributed by atoms with van der Waals surface area (Å²) in [6, 6.07) is 12.8. The zero-order chi connectivity index (χ0) is 23.6. The molecule has 1 N–H and O–H groups in total. The number of carbonyl (C=O) groups excluding carboxylic acids is 1. The van der Waals surface area contributed by atoms with Crippen molar-refractivity contribution in [2.24, 2.45) is 0 Å². The van der Waals surface area contributed by atoms with E-state index in [4.69, 9.17) is 16.3 Å². The molecule has 33 heavy (non-hydrogen) atoms. The summed E-state index contributed by atoms with van der Waals surface area (Å²) in [4.78, 5) is 17.7. The van der Waals surface area contributed by atoms with E-state index in [1.54, 1.807) is 30.6 Å². The summed E-state index contributed by atoms with van der Waals surface area (Å²) in [6.45, 7) is 0.637. The number of pyridine rings is 1. The van der Waals surface area contributed by atoms with Crippen molar-refractivity contribution in [1.29, 1.82) is 0 Å². The van der Waals surface area contributed by atoms with E-state index in [-0.39, 0.29) is 32.1 Å². The summed E-state index contributed by atoms with van der Waals surface area (Å²) >= 11 is 6.22. The van der Waals surface area contributed by atoms with Crippen LogP contribution in [0.15, 0.2) is 54.9 Å². The van der Waals surface area contributed by atoms with E-state index in [1.807, 2.05) is 24.3 Å². The Labute approximate surface area is 198 Å². The van der Waals surface area contributed by atoms with E-state index in [1.165, 1.54) is 22.8 Å². The van der Waals surface area contributed by atoms with Gasteiger partial charge in [0.2, 0.25) is 5.91 Å². The molecule has 2 heterocycles. The lowest BCUT2D eigenvalue weighted by atomic mass is 9.90. The minimum atomic E-state index is -3.80. The number of nitrogens with one attached hydrogen (secondary N) is 1. The van der Waals surface area contributed by atoms with Gasteiger partial charge in [-0.05, 0) is 23.3 Å². The van der Waals surface area contributed by atoms with Crippen LogP contribution in [0.5, 0.6) is 0 Å². The topological polar surface area (TPSA) is 91.8 Å². The van der Waals surface area contributed by atoms with Gasteiger partial charge < -0.3 is 10.1 Å². The quantitative estimate of drug-likeness (QED) is 0.551. The number of hydrogen-bond donors (Lipinski definition) is 1. The summed E-state index contributed by atoms with van der Waals surface area (Å²) in [7, 11) is -0.779. The van der Waals surface area contributed by atoms with E-state index in [0.29, 0.717) is 10.7 Å². The molecule has 0 bridgehead atoms. The number of anilines is 1. The number of fused-ring (bicyclic) bond motifs is 2. The predicted molar refractivity (Wildman–Crippen MR) is 128 cm³/mol. The fourth-order valence-electron chi connectivity index (χ4n) is 3.96. The van der Waals surface area contributed by atoms with Crippen LogP contribution in [0.4, 0.5) is 5.69 Å². The molecule has 1 aliphatic rings. The fraction of sp³-hybridized carbons (Fsp3) is 0.304. The van der Waals surface area contributed by atoms with E-state index >= 15 is 0 Å². The van der Waals surface area contributed by atoms with Gasteiger partial charge in [-0.3, -0.25) is 9.78 Å². The molecule has 4 rings (SSSR count). The van der Waals surface area contributed by atoms with Gasteiger partial charge in [0.05, 0.1) is 24.4 Å². The third-order valence-corrected chi connectivity index (χ3v) is 7.93. The third kappa shape index (κ3) is 4.87. The number of rotatable bonds is 7. The normalized spacial score (nSPS) is 16.7. The molecule has 0 fully saturated rings. The fourth-order valence-corrected chi connectivity index (χ4v) is 5.48. The van der Waals surface area contributed by atoms with Gasteiger partial charge in [-0.1, -0.05) is 41.9 Å². The van der Waals surface area contributed by atoms with Crippen LogP contribution >= 0.6 is 11.6 Å². The molecule has 10 heteroatoms. The van der Waals surface area contributed by atoms with Crippen LogP contribution < -0.4 is 5.32 Å². The lowest BCUT2D eigenvalue weighted by molar-refractivity contribution is -0.118. The lowest BCUT2D eigenvalue weighted by Gasteiger charge is -2.35. The maximum absolute atomic E-state index is 13.5. The maximum atomic E-state index is 13.5. The standard InChI is InChI=1S/C23H25ClN4O4S/c1-27(9-10-32-2)33(30,31)28-14-17-7-8-18(24)11-20(17)21(15-28)23(29)26-22-13-25-12-16-5-3-4-6-19(16)22/h3-8,11-13,21H,9-10,14-15H2,1-2H3,(H,26,29)/t21-/m1/s1. The Hall–Kier alpha value is -2.56. The Balaban J connectivity index is 1.67. The largest absolute Gasteiger partial charge is 0.383 e. The minimum absolute atomic E-state index is 0.00295. The third-order valence-electron chi connectivity index (χ3n) is 5.79. The first-order chi connectivity index (χ1) is 15.8. The molecule has 0 radical (unpaired) electrons. The van der Waals surface area contributed by atoms with Gasteiger partial charge >= 0.3 is 0 Å². The molecule has 1 atom stereocenters. The molecule has 0 aliphatic carbocycles. The summed E-state index contributed by atoms with van der Waals surface area (Å²) in [5.74, 6) is -1.06. The first-order valence-corrected chi connectivity index (χ1v) is 12.2. The Kier molecular flexibility index (Phi) is 6.96. The number of nitrogens with zero attached hydrogens (tertiary/aromatic N) is 3. The smallest absolute Gasteiger partial charge is 0.282 e. The average molecular weight is 489 g/mol. The van der Waals surface area contributed by atoms with E-state index in [9.17, 15) is 13.2 Å². The molecular formula is C23H25ClN4O4S. The van der Waals surface area contributed by atoms with Crippen LogP contribution in [0.3, 0.4) is 0 Å². The van der Waals surface area contributed by atoms with Gasteiger partial charge in [0.1, 0.15) is 0 Å². The van der Waals surface area contributed by atoms with Crippen molar-refractivity contribution < 1.29 is 17.9 Å². The maximum Gasteiger partial charge on any atom is 0.282 e. The second kappa shape index (κ2) is 9.74. The Morgan fingerprint density at radius 1 is 1.27 bits per heavy atom. The molecule has 1 aliphatic heterocycles. The molecule has 1 amide bonds. The molecule has 0 saturated heterocycles. The number of hydrogen-bond acceptors (Lipinski definition) is 5. The highest BCUT2D eigenvalue weighted by atomic mass is 35.5. The first-order valence-electron chi connectivity index (χ1n) is 10.4. The van der Waals surface area contributed by atoms with Crippen molar-refractivity contribution in [2.75, 3.05) is 39.2 Å². The molecule has 0 unspecified atom stereocenters. The summed E-state index contributed by atoms with van der Waals surface area (Å²) < 4.78 is 34.0. The monoisotopic (exact) mass is 488 g/mol. The van der Waals surface area contributed by atoms with Crippen LogP contribution in [0, 0.1) is 0 Å². The van der Waals surface area contributed by atoms with Gasteiger partial charge in [-0.2, -0.15) is 17.0 Å². The zero-order valence-electron chi connectivity index (χ0n) is 18.4. The van der Waals surface area contributed by atoms with Crippen molar-refractivity contribution in [2.45, 2.75) is 12.5 Å². The number of ether oxygens (including phenoxy) is 1. The molecule has 2 aromatic carbocycles. The van der Waals surface area contributed by atoms with Crippen molar-refractivity contribution >= 4 is 44.2 Å². The van der Waals surface area contributed by atoms with Gasteiger partial charge in [0.15, 0.2) is 0 Å². The zero-order valence-corrected chi connectivity index (χ0v) is 19.9. The second-order valence-corrected chi connectivity index (χ2v) is 10.4. The minimum Gasteiger partial charge on any atom is -0.383 e. The highest BCUT2D eigenvalue weighted by Crippen LogP contribution is 2.34. The van der Waals surface area contributed by atoms with Crippen molar-refractivity contribution in [3.8, 4) is 0 Å². The number of amides is 1. The highest BCUT2D eigenvalue weighted by Gasteiger charge is 2.37. The number of likely N-dealkylation sites (N-methyl/N-ethyl adjacent to an activating group) is 1. The summed E-state index contributed by atoms with van der Waals surface area (Å²) in [6.07, 6.45) is 3.32. The first kappa shape index (κ1) is 23.6.